The number of aromatic nitrogens is 1. The van der Waals surface area contributed by atoms with Gasteiger partial charge in [0.05, 0.1) is 28.9 Å². The first-order valence-corrected chi connectivity index (χ1v) is 9.33. The van der Waals surface area contributed by atoms with Gasteiger partial charge in [-0.2, -0.15) is 4.99 Å². The number of methoxy groups -OCH3 is 2. The molecule has 8 nitrogen and oxygen atoms in total. The van der Waals surface area contributed by atoms with Crippen LogP contribution in [0.25, 0.3) is 10.2 Å². The molecular weight excluding hydrogens is 406 g/mol. The van der Waals surface area contributed by atoms with Gasteiger partial charge < -0.3 is 14.0 Å². The molecule has 0 aliphatic heterocycles. The second-order valence-electron chi connectivity index (χ2n) is 5.70. The summed E-state index contributed by atoms with van der Waals surface area (Å²) in [4.78, 5) is 27.9. The molecule has 0 unspecified atom stereocenters. The van der Waals surface area contributed by atoms with Crippen molar-refractivity contribution in [3.63, 3.8) is 0 Å². The first-order chi connectivity index (χ1) is 13.4. The third kappa shape index (κ3) is 4.06. The number of ether oxygens (including phenoxy) is 2. The fourth-order valence-electron chi connectivity index (χ4n) is 2.65. The van der Waals surface area contributed by atoms with Gasteiger partial charge in [0.15, 0.2) is 4.80 Å². The quantitative estimate of drug-likeness (QED) is 0.447. The van der Waals surface area contributed by atoms with Gasteiger partial charge in [0.1, 0.15) is 11.3 Å². The first-order valence-electron chi connectivity index (χ1n) is 8.14. The van der Waals surface area contributed by atoms with Crippen LogP contribution in [0.5, 0.6) is 5.75 Å². The molecule has 10 heteroatoms. The number of carbonyl (C=O) groups excluding carboxylic acids is 1. The van der Waals surface area contributed by atoms with Crippen molar-refractivity contribution in [3.05, 3.63) is 61.9 Å². The van der Waals surface area contributed by atoms with Crippen LogP contribution in [0.1, 0.15) is 10.4 Å². The second kappa shape index (κ2) is 8.51. The van der Waals surface area contributed by atoms with Crippen LogP contribution >= 0.6 is 22.9 Å². The number of halogens is 1. The maximum absolute atomic E-state index is 12.7. The fraction of sp³-hybridized carbons (Fsp3) is 0.222. The number of nitrogens with zero attached hydrogens (tertiary/aromatic N) is 3. The van der Waals surface area contributed by atoms with E-state index in [2.05, 4.69) is 4.99 Å². The monoisotopic (exact) mass is 421 g/mol. The minimum absolute atomic E-state index is 0.161. The summed E-state index contributed by atoms with van der Waals surface area (Å²) in [5, 5.41) is 11.5. The Kier molecular flexibility index (Phi) is 6.08. The highest BCUT2D eigenvalue weighted by Crippen LogP contribution is 2.25. The number of rotatable bonds is 6. The minimum atomic E-state index is -0.737. The Balaban J connectivity index is 2.16. The molecule has 3 aromatic rings. The molecular formula is C18H16ClN3O5S. The van der Waals surface area contributed by atoms with E-state index in [1.54, 1.807) is 14.2 Å². The molecule has 0 aliphatic rings. The van der Waals surface area contributed by atoms with Crippen LogP contribution in [0.15, 0.2) is 41.4 Å². The zero-order chi connectivity index (χ0) is 20.3. The highest BCUT2D eigenvalue weighted by atomic mass is 35.5. The number of nitro groups is 1. The van der Waals surface area contributed by atoms with Crippen molar-refractivity contribution in [3.8, 4) is 5.75 Å². The van der Waals surface area contributed by atoms with Crippen LogP contribution in [0.4, 0.5) is 5.69 Å². The van der Waals surface area contributed by atoms with Gasteiger partial charge in [-0.05, 0) is 30.3 Å². The van der Waals surface area contributed by atoms with Crippen LogP contribution in [-0.2, 0) is 11.3 Å². The molecule has 0 aliphatic carbocycles. The molecule has 0 fully saturated rings. The number of carbonyl (C=O) groups is 1. The predicted octanol–water partition coefficient (Wildman–Crippen LogP) is 3.66. The van der Waals surface area contributed by atoms with Crippen molar-refractivity contribution in [2.24, 2.45) is 4.99 Å². The van der Waals surface area contributed by atoms with E-state index < -0.39 is 10.8 Å². The maximum atomic E-state index is 12.7. The number of amides is 1. The van der Waals surface area contributed by atoms with Crippen LogP contribution in [0.3, 0.4) is 0 Å². The average molecular weight is 422 g/mol. The van der Waals surface area contributed by atoms with Crippen LogP contribution < -0.4 is 9.54 Å². The van der Waals surface area contributed by atoms with E-state index in [-0.39, 0.29) is 16.3 Å². The molecule has 0 bridgehead atoms. The summed E-state index contributed by atoms with van der Waals surface area (Å²) in [5.41, 5.74) is 0.352. The van der Waals surface area contributed by atoms with Crippen molar-refractivity contribution >= 4 is 44.7 Å². The molecule has 0 spiro atoms. The normalized spacial score (nSPS) is 11.8. The Morgan fingerprint density at radius 3 is 2.75 bits per heavy atom. The number of fused-ring (bicyclic) bond motifs is 1. The minimum Gasteiger partial charge on any atom is -0.497 e. The molecule has 0 atom stereocenters. The van der Waals surface area contributed by atoms with Gasteiger partial charge in [-0.3, -0.25) is 14.9 Å². The third-order valence-corrected chi connectivity index (χ3v) is 5.27. The summed E-state index contributed by atoms with van der Waals surface area (Å²) in [6.07, 6.45) is 0. The lowest BCUT2D eigenvalue weighted by Crippen LogP contribution is -2.19. The van der Waals surface area contributed by atoms with E-state index in [1.807, 2.05) is 22.8 Å². The first kappa shape index (κ1) is 20.0. The van der Waals surface area contributed by atoms with Crippen LogP contribution in [-0.4, -0.2) is 36.2 Å². The summed E-state index contributed by atoms with van der Waals surface area (Å²) in [6, 6.07) is 9.33. The topological polar surface area (TPSA) is 96.0 Å². The van der Waals surface area contributed by atoms with E-state index in [0.717, 1.165) is 10.2 Å². The van der Waals surface area contributed by atoms with Gasteiger partial charge in [-0.25, -0.2) is 0 Å². The summed E-state index contributed by atoms with van der Waals surface area (Å²) in [5.74, 6) is -0.0603. The van der Waals surface area contributed by atoms with Gasteiger partial charge in [0, 0.05) is 24.7 Å². The second-order valence-corrected chi connectivity index (χ2v) is 7.14. The van der Waals surface area contributed by atoms with E-state index in [9.17, 15) is 14.9 Å². The largest absolute Gasteiger partial charge is 0.497 e. The van der Waals surface area contributed by atoms with Crippen molar-refractivity contribution < 1.29 is 19.2 Å². The number of benzene rings is 2. The number of hydrogen-bond acceptors (Lipinski definition) is 6. The van der Waals surface area contributed by atoms with Crippen molar-refractivity contribution in [1.82, 2.24) is 4.57 Å². The number of thiazole rings is 1. The van der Waals surface area contributed by atoms with E-state index in [0.29, 0.717) is 23.7 Å². The van der Waals surface area contributed by atoms with Crippen molar-refractivity contribution in [2.75, 3.05) is 20.8 Å². The molecule has 1 heterocycles. The average Bonchev–Trinajstić information content (AvgIpc) is 3.01. The zero-order valence-electron chi connectivity index (χ0n) is 15.0. The highest BCUT2D eigenvalue weighted by molar-refractivity contribution is 7.16. The lowest BCUT2D eigenvalue weighted by molar-refractivity contribution is -0.385. The molecule has 0 radical (unpaired) electrons. The Bertz CT molecular complexity index is 1120. The summed E-state index contributed by atoms with van der Waals surface area (Å²) in [7, 11) is 3.15. The molecule has 0 N–H and O–H groups in total. The Hall–Kier alpha value is -2.75. The SMILES string of the molecule is COCCn1c(=NC(=O)c2cc(Cl)ccc2[N+](=O)[O-])sc2cc(OC)ccc21. The molecule has 1 amide bonds. The van der Waals surface area contributed by atoms with Crippen molar-refractivity contribution in [1.29, 1.82) is 0 Å². The fourth-order valence-corrected chi connectivity index (χ4v) is 3.91. The van der Waals surface area contributed by atoms with Gasteiger partial charge in [0.2, 0.25) is 0 Å². The predicted molar refractivity (Wildman–Crippen MR) is 106 cm³/mol. The summed E-state index contributed by atoms with van der Waals surface area (Å²) in [6.45, 7) is 0.878. The van der Waals surface area contributed by atoms with Crippen LogP contribution in [0.2, 0.25) is 5.02 Å². The van der Waals surface area contributed by atoms with Gasteiger partial charge in [-0.1, -0.05) is 22.9 Å². The molecule has 28 heavy (non-hydrogen) atoms. The maximum Gasteiger partial charge on any atom is 0.286 e. The lowest BCUT2D eigenvalue weighted by atomic mass is 10.2. The molecule has 1 aromatic heterocycles. The Morgan fingerprint density at radius 2 is 2.07 bits per heavy atom. The van der Waals surface area contributed by atoms with Crippen molar-refractivity contribution in [2.45, 2.75) is 6.54 Å². The van der Waals surface area contributed by atoms with E-state index >= 15 is 0 Å². The standard InChI is InChI=1S/C18H16ClN3O5S/c1-26-8-7-21-15-6-4-12(27-2)10-16(15)28-18(21)20-17(23)13-9-11(19)3-5-14(13)22(24)25/h3-6,9-10H,7-8H2,1-2H3. The Labute approximate surface area is 168 Å². The molecule has 2 aromatic carbocycles. The summed E-state index contributed by atoms with van der Waals surface area (Å²) < 4.78 is 13.1. The van der Waals surface area contributed by atoms with Gasteiger partial charge in [-0.15, -0.1) is 0 Å². The molecule has 0 saturated heterocycles. The van der Waals surface area contributed by atoms with Crippen LogP contribution in [0, 0.1) is 10.1 Å². The van der Waals surface area contributed by atoms with E-state index in [4.69, 9.17) is 21.1 Å². The van der Waals surface area contributed by atoms with E-state index in [1.165, 1.54) is 29.5 Å². The van der Waals surface area contributed by atoms with Gasteiger partial charge >= 0.3 is 0 Å². The smallest absolute Gasteiger partial charge is 0.286 e. The number of nitro benzene ring substituents is 1. The lowest BCUT2D eigenvalue weighted by Gasteiger charge is -2.05. The molecule has 146 valence electrons. The molecule has 0 saturated carbocycles. The van der Waals surface area contributed by atoms with Gasteiger partial charge in [0.25, 0.3) is 11.6 Å². The number of hydrogen-bond donors (Lipinski definition) is 0. The summed E-state index contributed by atoms with van der Waals surface area (Å²) >= 11 is 7.20. The zero-order valence-corrected chi connectivity index (χ0v) is 16.6. The molecule has 3 rings (SSSR count). The third-order valence-electron chi connectivity index (χ3n) is 3.99. The highest BCUT2D eigenvalue weighted by Gasteiger charge is 2.20. The Morgan fingerprint density at radius 1 is 1.29 bits per heavy atom.